The van der Waals surface area contributed by atoms with Gasteiger partial charge in [0.2, 0.25) is 11.8 Å². The average molecular weight is 467 g/mol. The van der Waals surface area contributed by atoms with Crippen LogP contribution in [0, 0.1) is 17.7 Å². The molecule has 2 atom stereocenters. The van der Waals surface area contributed by atoms with E-state index in [9.17, 15) is 18.8 Å². The molecule has 0 bridgehead atoms. The molecule has 0 saturated heterocycles. The van der Waals surface area contributed by atoms with Crippen molar-refractivity contribution in [3.63, 3.8) is 0 Å². The number of pyridine rings is 2. The van der Waals surface area contributed by atoms with Gasteiger partial charge in [0.25, 0.3) is 5.56 Å². The Hall–Kier alpha value is -3.78. The fourth-order valence-corrected chi connectivity index (χ4v) is 3.94. The zero-order chi connectivity index (χ0) is 23.5. The molecule has 2 N–H and O–H groups in total. The van der Waals surface area contributed by atoms with E-state index in [-0.39, 0.29) is 17.2 Å². The molecule has 0 unspecified atom stereocenters. The number of halogens is 2. The number of hydrogen-bond acceptors (Lipinski definition) is 4. The lowest BCUT2D eigenvalue weighted by molar-refractivity contribution is -0.128. The average Bonchev–Trinajstić information content (AvgIpc) is 3.19. The van der Waals surface area contributed by atoms with Gasteiger partial charge in [-0.3, -0.25) is 19.0 Å². The Morgan fingerprint density at radius 1 is 1.06 bits per heavy atom. The maximum absolute atomic E-state index is 14.7. The lowest BCUT2D eigenvalue weighted by Crippen LogP contribution is -2.33. The second-order valence-electron chi connectivity index (χ2n) is 7.78. The first kappa shape index (κ1) is 22.4. The Morgan fingerprint density at radius 2 is 1.79 bits per heavy atom. The van der Waals surface area contributed by atoms with Gasteiger partial charge in [0.15, 0.2) is 0 Å². The summed E-state index contributed by atoms with van der Waals surface area (Å²) in [5, 5.41) is 5.69. The molecule has 1 saturated carbocycles. The molecular weight excluding hydrogens is 447 g/mol. The molecule has 0 radical (unpaired) electrons. The minimum absolute atomic E-state index is 0.0382. The number of allylic oxidation sites excluding steroid dienone is 1. The summed E-state index contributed by atoms with van der Waals surface area (Å²) >= 11 is 5.81. The summed E-state index contributed by atoms with van der Waals surface area (Å²) in [5.41, 5.74) is 0.752. The van der Waals surface area contributed by atoms with Crippen LogP contribution in [-0.4, -0.2) is 21.4 Å². The van der Waals surface area contributed by atoms with Gasteiger partial charge in [-0.25, -0.2) is 9.37 Å². The third-order valence-corrected chi connectivity index (χ3v) is 5.69. The molecular formula is C24H20ClFN4O3. The van der Waals surface area contributed by atoms with Crippen LogP contribution in [0.5, 0.6) is 0 Å². The maximum atomic E-state index is 14.7. The molecule has 0 spiro atoms. The van der Waals surface area contributed by atoms with Crippen molar-refractivity contribution < 1.29 is 14.0 Å². The number of nitrogens with one attached hydrogen (secondary N) is 2. The molecule has 1 aliphatic carbocycles. The summed E-state index contributed by atoms with van der Waals surface area (Å²) in [6.45, 7) is 3.92. The zero-order valence-corrected chi connectivity index (χ0v) is 18.2. The van der Waals surface area contributed by atoms with E-state index in [1.807, 2.05) is 0 Å². The Morgan fingerprint density at radius 3 is 2.42 bits per heavy atom. The summed E-state index contributed by atoms with van der Waals surface area (Å²) in [6, 6.07) is 11.9. The lowest BCUT2D eigenvalue weighted by Gasteiger charge is -2.19. The standard InChI is InChI=1S/C24H20ClFN4O3/c1-14-10-17(18(11-14)24(33)29-21-8-5-15(25)13-27-21)23(32)28-20-7-6-16(12-19(20)26)30-9-3-2-4-22(30)31/h2-9,12-13,17-18H,1,10-11H2,(H,28,32)(H,27,29,33)/t17-,18-/m0/s1. The van der Waals surface area contributed by atoms with Gasteiger partial charge in [-0.1, -0.05) is 29.8 Å². The summed E-state index contributed by atoms with van der Waals surface area (Å²) in [5.74, 6) is -2.61. The van der Waals surface area contributed by atoms with Crippen LogP contribution in [0.3, 0.4) is 0 Å². The summed E-state index contributed by atoms with van der Waals surface area (Å²) < 4.78 is 16.0. The topological polar surface area (TPSA) is 93.1 Å². The van der Waals surface area contributed by atoms with Gasteiger partial charge in [-0.2, -0.15) is 0 Å². The van der Waals surface area contributed by atoms with Crippen LogP contribution in [0.4, 0.5) is 15.9 Å². The number of carbonyl (C=O) groups is 2. The van der Waals surface area contributed by atoms with E-state index in [1.165, 1.54) is 41.2 Å². The van der Waals surface area contributed by atoms with Crippen LogP contribution in [0.1, 0.15) is 12.8 Å². The van der Waals surface area contributed by atoms with Crippen LogP contribution >= 0.6 is 11.6 Å². The highest BCUT2D eigenvalue weighted by Crippen LogP contribution is 2.37. The third kappa shape index (κ3) is 5.01. The predicted molar refractivity (Wildman–Crippen MR) is 124 cm³/mol. The highest BCUT2D eigenvalue weighted by atomic mass is 35.5. The molecule has 1 aliphatic rings. The van der Waals surface area contributed by atoms with Crippen molar-refractivity contribution in [1.82, 2.24) is 9.55 Å². The van der Waals surface area contributed by atoms with Crippen LogP contribution in [0.25, 0.3) is 5.69 Å². The number of aromatic nitrogens is 2. The largest absolute Gasteiger partial charge is 0.323 e. The number of hydrogen-bond donors (Lipinski definition) is 2. The first-order valence-corrected chi connectivity index (χ1v) is 10.6. The SMILES string of the molecule is C=C1C[C@H](C(=O)Nc2ccc(Cl)cn2)[C@@H](C(=O)Nc2ccc(-n3ccccc3=O)cc2F)C1. The number of benzene rings is 1. The fourth-order valence-electron chi connectivity index (χ4n) is 3.83. The number of rotatable bonds is 5. The normalized spacial score (nSPS) is 17.6. The Bertz CT molecular complexity index is 1290. The predicted octanol–water partition coefficient (Wildman–Crippen LogP) is 4.18. The number of carbonyl (C=O) groups excluding carboxylic acids is 2. The van der Waals surface area contributed by atoms with Gasteiger partial charge in [-0.15, -0.1) is 0 Å². The highest BCUT2D eigenvalue weighted by Gasteiger charge is 2.40. The van der Waals surface area contributed by atoms with E-state index in [0.717, 1.165) is 5.57 Å². The van der Waals surface area contributed by atoms with Gasteiger partial charge < -0.3 is 10.6 Å². The van der Waals surface area contributed by atoms with E-state index in [0.29, 0.717) is 29.4 Å². The van der Waals surface area contributed by atoms with Gasteiger partial charge in [0.05, 0.1) is 28.2 Å². The number of nitrogens with zero attached hydrogens (tertiary/aromatic N) is 2. The molecule has 1 fully saturated rings. The minimum atomic E-state index is -0.708. The minimum Gasteiger partial charge on any atom is -0.323 e. The maximum Gasteiger partial charge on any atom is 0.255 e. The molecule has 3 aromatic rings. The molecule has 7 nitrogen and oxygen atoms in total. The molecule has 1 aromatic carbocycles. The van der Waals surface area contributed by atoms with Crippen molar-refractivity contribution in [2.45, 2.75) is 12.8 Å². The van der Waals surface area contributed by atoms with Crippen LogP contribution in [0.15, 0.2) is 77.9 Å². The molecule has 2 amide bonds. The molecule has 2 aromatic heterocycles. The second kappa shape index (κ2) is 9.38. The van der Waals surface area contributed by atoms with E-state index < -0.39 is 23.6 Å². The molecule has 168 valence electrons. The van der Waals surface area contributed by atoms with E-state index in [2.05, 4.69) is 22.2 Å². The van der Waals surface area contributed by atoms with E-state index in [4.69, 9.17) is 11.6 Å². The molecule has 2 heterocycles. The fraction of sp³-hybridized carbons (Fsp3) is 0.167. The van der Waals surface area contributed by atoms with Gasteiger partial charge in [0, 0.05) is 24.5 Å². The van der Waals surface area contributed by atoms with Gasteiger partial charge >= 0.3 is 0 Å². The first-order chi connectivity index (χ1) is 15.8. The van der Waals surface area contributed by atoms with Crippen molar-refractivity contribution in [1.29, 1.82) is 0 Å². The van der Waals surface area contributed by atoms with Crippen molar-refractivity contribution in [2.24, 2.45) is 11.8 Å². The summed E-state index contributed by atoms with van der Waals surface area (Å²) in [6.07, 6.45) is 3.59. The van der Waals surface area contributed by atoms with Crippen molar-refractivity contribution in [3.05, 3.63) is 94.3 Å². The first-order valence-electron chi connectivity index (χ1n) is 10.2. The Labute approximate surface area is 193 Å². The van der Waals surface area contributed by atoms with Crippen molar-refractivity contribution in [2.75, 3.05) is 10.6 Å². The van der Waals surface area contributed by atoms with Crippen molar-refractivity contribution >= 4 is 34.9 Å². The molecule has 9 heteroatoms. The molecule has 0 aliphatic heterocycles. The smallest absolute Gasteiger partial charge is 0.255 e. The van der Waals surface area contributed by atoms with Crippen molar-refractivity contribution in [3.8, 4) is 5.69 Å². The summed E-state index contributed by atoms with van der Waals surface area (Å²) in [4.78, 5) is 41.7. The number of amides is 2. The quantitative estimate of drug-likeness (QED) is 0.551. The lowest BCUT2D eigenvalue weighted by atomic mass is 9.94. The zero-order valence-electron chi connectivity index (χ0n) is 17.4. The monoisotopic (exact) mass is 466 g/mol. The number of anilines is 2. The molecule has 33 heavy (non-hydrogen) atoms. The summed E-state index contributed by atoms with van der Waals surface area (Å²) in [7, 11) is 0. The van der Waals surface area contributed by atoms with Gasteiger partial charge in [-0.05, 0) is 43.2 Å². The van der Waals surface area contributed by atoms with Crippen LogP contribution in [0.2, 0.25) is 5.02 Å². The van der Waals surface area contributed by atoms with Crippen LogP contribution < -0.4 is 16.2 Å². The van der Waals surface area contributed by atoms with Crippen LogP contribution in [-0.2, 0) is 9.59 Å². The highest BCUT2D eigenvalue weighted by molar-refractivity contribution is 6.30. The van der Waals surface area contributed by atoms with E-state index in [1.54, 1.807) is 24.3 Å². The Balaban J connectivity index is 1.49. The third-order valence-electron chi connectivity index (χ3n) is 5.47. The second-order valence-corrected chi connectivity index (χ2v) is 8.22. The molecule has 4 rings (SSSR count). The van der Waals surface area contributed by atoms with Gasteiger partial charge in [0.1, 0.15) is 11.6 Å². The van der Waals surface area contributed by atoms with E-state index >= 15 is 0 Å². The Kier molecular flexibility index (Phi) is 6.37.